The first-order valence-corrected chi connectivity index (χ1v) is 11.4. The molecule has 0 spiro atoms. The molecule has 2 aliphatic rings. The molecule has 1 aliphatic carbocycles. The summed E-state index contributed by atoms with van der Waals surface area (Å²) in [6, 6.07) is 3.01. The normalized spacial score (nSPS) is 18.8. The molecule has 0 saturated carbocycles. The zero-order valence-corrected chi connectivity index (χ0v) is 18.5. The molecule has 6 nitrogen and oxygen atoms in total. The fraction of sp³-hybridized carbons (Fsp3) is 0.500. The predicted molar refractivity (Wildman–Crippen MR) is 116 cm³/mol. The number of aryl methyl sites for hydroxylation is 1. The quantitative estimate of drug-likeness (QED) is 0.778. The molecule has 1 aromatic carbocycles. The van der Waals surface area contributed by atoms with Gasteiger partial charge >= 0.3 is 0 Å². The van der Waals surface area contributed by atoms with Crippen LogP contribution in [0.5, 0.6) is 0 Å². The van der Waals surface area contributed by atoms with Crippen molar-refractivity contribution in [2.24, 2.45) is 11.8 Å². The molecule has 2 aromatic rings. The highest BCUT2D eigenvalue weighted by atomic mass is 32.1. The Balaban J connectivity index is 1.37. The van der Waals surface area contributed by atoms with E-state index in [2.05, 4.69) is 10.2 Å². The molecule has 2 heterocycles. The van der Waals surface area contributed by atoms with E-state index in [0.29, 0.717) is 32.4 Å². The van der Waals surface area contributed by atoms with Crippen LogP contribution in [-0.2, 0) is 22.4 Å². The van der Waals surface area contributed by atoms with Crippen LogP contribution in [0, 0.1) is 23.5 Å². The van der Waals surface area contributed by atoms with Crippen LogP contribution in [0.2, 0.25) is 0 Å². The van der Waals surface area contributed by atoms with Crippen LogP contribution in [-0.4, -0.2) is 47.9 Å². The van der Waals surface area contributed by atoms with Gasteiger partial charge in [-0.05, 0) is 31.4 Å². The number of piperazine rings is 1. The van der Waals surface area contributed by atoms with Crippen molar-refractivity contribution in [2.75, 3.05) is 36.4 Å². The van der Waals surface area contributed by atoms with Gasteiger partial charge in [0, 0.05) is 54.6 Å². The summed E-state index contributed by atoms with van der Waals surface area (Å²) in [5.74, 6) is -1.73. The largest absolute Gasteiger partial charge is 0.345 e. The predicted octanol–water partition coefficient (Wildman–Crippen LogP) is 3.47. The third-order valence-corrected chi connectivity index (χ3v) is 6.97. The van der Waals surface area contributed by atoms with Crippen molar-refractivity contribution < 1.29 is 18.4 Å². The topological polar surface area (TPSA) is 65.5 Å². The average molecular weight is 449 g/mol. The first kappa shape index (κ1) is 21.7. The second kappa shape index (κ2) is 8.90. The number of nitrogens with one attached hydrogen (secondary N) is 1. The van der Waals surface area contributed by atoms with Crippen molar-refractivity contribution in [3.63, 3.8) is 0 Å². The van der Waals surface area contributed by atoms with Crippen molar-refractivity contribution in [3.05, 3.63) is 40.4 Å². The highest BCUT2D eigenvalue weighted by molar-refractivity contribution is 7.15. The Labute approximate surface area is 184 Å². The molecule has 1 atom stereocenters. The first-order valence-electron chi connectivity index (χ1n) is 10.6. The van der Waals surface area contributed by atoms with Crippen LogP contribution < -0.4 is 10.2 Å². The molecule has 2 amide bonds. The monoisotopic (exact) mass is 448 g/mol. The number of carbonyl (C=O) groups is 2. The molecule has 1 fully saturated rings. The number of thiazole rings is 1. The fourth-order valence-corrected chi connectivity index (χ4v) is 5.31. The average Bonchev–Trinajstić information content (AvgIpc) is 3.16. The van der Waals surface area contributed by atoms with E-state index >= 15 is 0 Å². The summed E-state index contributed by atoms with van der Waals surface area (Å²) in [6.07, 6.45) is 1.92. The minimum atomic E-state index is -0.719. The molecule has 1 saturated heterocycles. The number of hydrogen-bond donors (Lipinski definition) is 1. The Kier molecular flexibility index (Phi) is 6.22. The van der Waals surface area contributed by atoms with Crippen LogP contribution in [0.25, 0.3) is 0 Å². The summed E-state index contributed by atoms with van der Waals surface area (Å²) in [6.45, 7) is 6.72. The van der Waals surface area contributed by atoms with Crippen LogP contribution >= 0.6 is 11.3 Å². The number of fused-ring (bicyclic) bond motifs is 1. The number of hydrogen-bond acceptors (Lipinski definition) is 5. The molecule has 0 radical (unpaired) electrons. The van der Waals surface area contributed by atoms with Crippen LogP contribution in [0.15, 0.2) is 18.2 Å². The summed E-state index contributed by atoms with van der Waals surface area (Å²) in [4.78, 5) is 34.8. The minimum Gasteiger partial charge on any atom is -0.345 e. The Bertz CT molecular complexity index is 966. The lowest BCUT2D eigenvalue weighted by atomic mass is 9.90. The summed E-state index contributed by atoms with van der Waals surface area (Å²) >= 11 is 1.60. The Morgan fingerprint density at radius 3 is 2.45 bits per heavy atom. The second-order valence-corrected chi connectivity index (χ2v) is 9.48. The Hall–Kier alpha value is -2.55. The minimum absolute atomic E-state index is 0.00526. The molecule has 31 heavy (non-hydrogen) atoms. The molecule has 166 valence electrons. The van der Waals surface area contributed by atoms with Crippen molar-refractivity contribution >= 4 is 34.0 Å². The zero-order valence-electron chi connectivity index (χ0n) is 17.7. The maximum Gasteiger partial charge on any atom is 0.227 e. The second-order valence-electron chi connectivity index (χ2n) is 8.42. The lowest BCUT2D eigenvalue weighted by molar-refractivity contribution is -0.134. The van der Waals surface area contributed by atoms with Crippen LogP contribution in [0.3, 0.4) is 0 Å². The van der Waals surface area contributed by atoms with E-state index in [0.717, 1.165) is 47.0 Å². The number of rotatable bonds is 4. The van der Waals surface area contributed by atoms with Gasteiger partial charge in [-0.25, -0.2) is 13.8 Å². The van der Waals surface area contributed by atoms with Gasteiger partial charge in [0.1, 0.15) is 11.6 Å². The summed E-state index contributed by atoms with van der Waals surface area (Å²) in [7, 11) is 0. The Morgan fingerprint density at radius 1 is 1.13 bits per heavy atom. The Morgan fingerprint density at radius 2 is 1.81 bits per heavy atom. The van der Waals surface area contributed by atoms with Crippen molar-refractivity contribution in [3.8, 4) is 0 Å². The highest BCUT2D eigenvalue weighted by Gasteiger charge is 2.30. The maximum atomic E-state index is 13.4. The van der Waals surface area contributed by atoms with Gasteiger partial charge in [-0.15, -0.1) is 11.3 Å². The van der Waals surface area contributed by atoms with Gasteiger partial charge in [-0.1, -0.05) is 13.8 Å². The van der Waals surface area contributed by atoms with Gasteiger partial charge in [0.2, 0.25) is 11.8 Å². The fourth-order valence-electron chi connectivity index (χ4n) is 4.07. The molecular formula is C22H26F2N4O2S. The molecule has 0 unspecified atom stereocenters. The van der Waals surface area contributed by atoms with Gasteiger partial charge < -0.3 is 15.1 Å². The van der Waals surface area contributed by atoms with E-state index < -0.39 is 11.6 Å². The molecule has 1 aliphatic heterocycles. The van der Waals surface area contributed by atoms with Crippen molar-refractivity contribution in [1.82, 2.24) is 9.88 Å². The number of amides is 2. The third-order valence-electron chi connectivity index (χ3n) is 5.79. The molecule has 1 aromatic heterocycles. The lowest BCUT2D eigenvalue weighted by Gasteiger charge is -2.35. The number of carbonyl (C=O) groups excluding carboxylic acids is 2. The summed E-state index contributed by atoms with van der Waals surface area (Å²) in [5, 5.41) is 3.58. The van der Waals surface area contributed by atoms with Crippen LogP contribution in [0.4, 0.5) is 19.6 Å². The molecule has 4 rings (SSSR count). The standard InChI is InChI=1S/C22H26F2N4O2S/c1-13(2)21(30)27-5-7-28(8-6-27)22-26-18-4-3-14(9-19(18)31-22)20(29)25-17-11-15(23)10-16(24)12-17/h10-14H,3-9H2,1-2H3,(H,25,29)/t14-/m1/s1. The summed E-state index contributed by atoms with van der Waals surface area (Å²) < 4.78 is 26.8. The van der Waals surface area contributed by atoms with E-state index in [1.165, 1.54) is 0 Å². The number of benzene rings is 1. The number of aromatic nitrogens is 1. The van der Waals surface area contributed by atoms with Gasteiger partial charge in [-0.2, -0.15) is 0 Å². The van der Waals surface area contributed by atoms with Gasteiger partial charge in [-0.3, -0.25) is 9.59 Å². The van der Waals surface area contributed by atoms with E-state index in [1.807, 2.05) is 18.7 Å². The van der Waals surface area contributed by atoms with Crippen molar-refractivity contribution in [1.29, 1.82) is 0 Å². The number of halogens is 2. The van der Waals surface area contributed by atoms with E-state index in [1.54, 1.807) is 11.3 Å². The van der Waals surface area contributed by atoms with E-state index in [-0.39, 0.29) is 29.3 Å². The van der Waals surface area contributed by atoms with Crippen LogP contribution in [0.1, 0.15) is 30.8 Å². The number of nitrogens with zero attached hydrogens (tertiary/aromatic N) is 3. The van der Waals surface area contributed by atoms with Gasteiger partial charge in [0.05, 0.1) is 5.69 Å². The zero-order chi connectivity index (χ0) is 22.1. The smallest absolute Gasteiger partial charge is 0.227 e. The molecular weight excluding hydrogens is 422 g/mol. The maximum absolute atomic E-state index is 13.4. The first-order chi connectivity index (χ1) is 14.8. The van der Waals surface area contributed by atoms with E-state index in [9.17, 15) is 18.4 Å². The SMILES string of the molecule is CC(C)C(=O)N1CCN(c2nc3c(s2)C[C@H](C(=O)Nc2cc(F)cc(F)c2)CC3)CC1. The number of anilines is 2. The van der Waals surface area contributed by atoms with Gasteiger partial charge in [0.25, 0.3) is 0 Å². The van der Waals surface area contributed by atoms with Gasteiger partial charge in [0.15, 0.2) is 5.13 Å². The molecule has 9 heteroatoms. The van der Waals surface area contributed by atoms with Crippen molar-refractivity contribution in [2.45, 2.75) is 33.1 Å². The summed E-state index contributed by atoms with van der Waals surface area (Å²) in [5.41, 5.74) is 1.16. The highest BCUT2D eigenvalue weighted by Crippen LogP contribution is 2.35. The molecule has 0 bridgehead atoms. The lowest BCUT2D eigenvalue weighted by Crippen LogP contribution is -2.49. The molecule has 1 N–H and O–H groups in total. The van der Waals surface area contributed by atoms with E-state index in [4.69, 9.17) is 4.98 Å². The third kappa shape index (κ3) is 4.87.